The normalized spacial score (nSPS) is 17.1. The Balaban J connectivity index is 0. The molecular weight excluding hydrogens is 582 g/mol. The summed E-state index contributed by atoms with van der Waals surface area (Å²) in [4.78, 5) is 32.8. The van der Waals surface area contributed by atoms with E-state index in [0.717, 1.165) is 53.2 Å². The van der Waals surface area contributed by atoms with Crippen LogP contribution in [0.15, 0.2) is 71.8 Å². The first-order valence-corrected chi connectivity index (χ1v) is 16.8. The number of anilines is 1. The van der Waals surface area contributed by atoms with Crippen LogP contribution in [0, 0.1) is 12.3 Å². The number of aryl methyl sites for hydroxylation is 2. The first-order chi connectivity index (χ1) is 21.5. The molecule has 2 aromatic rings. The Labute approximate surface area is 290 Å². The number of nitrogens with zero attached hydrogens (tertiary/aromatic N) is 2. The van der Waals surface area contributed by atoms with E-state index in [2.05, 4.69) is 83.3 Å². The fraction of sp³-hybridized carbons (Fsp3) is 0.537. The summed E-state index contributed by atoms with van der Waals surface area (Å²) >= 11 is 0. The molecule has 1 heterocycles. The molecule has 47 heavy (non-hydrogen) atoms. The number of ketones is 1. The number of ether oxygens (including phenoxy) is 1. The molecule has 0 radical (unpaired) electrons. The molecule has 6 heteroatoms. The zero-order valence-corrected chi connectivity index (χ0v) is 30.0. The maximum Gasteiger partial charge on any atom is 0.255 e. The molecule has 6 nitrogen and oxygen atoms in total. The Hall–Kier alpha value is -3.51. The van der Waals surface area contributed by atoms with Gasteiger partial charge >= 0.3 is 0 Å². The second-order valence-corrected chi connectivity index (χ2v) is 15.0. The van der Waals surface area contributed by atoms with Gasteiger partial charge in [0.1, 0.15) is 17.6 Å². The van der Waals surface area contributed by atoms with Gasteiger partial charge in [-0.2, -0.15) is 0 Å². The lowest BCUT2D eigenvalue weighted by atomic mass is 9.78. The van der Waals surface area contributed by atoms with Gasteiger partial charge < -0.3 is 10.1 Å². The summed E-state index contributed by atoms with van der Waals surface area (Å²) in [5.74, 6) is 0.868. The Morgan fingerprint density at radius 1 is 1.04 bits per heavy atom. The molecule has 1 fully saturated rings. The van der Waals surface area contributed by atoms with Crippen molar-refractivity contribution in [2.45, 2.75) is 125 Å². The summed E-state index contributed by atoms with van der Waals surface area (Å²) in [5.41, 5.74) is 5.35. The Kier molecular flexibility index (Phi) is 14.0. The number of nitrogens with one attached hydrogen (secondary N) is 1. The molecule has 1 N–H and O–H groups in total. The number of carbonyl (C=O) groups excluding carboxylic acids is 2. The van der Waals surface area contributed by atoms with Crippen LogP contribution in [0.4, 0.5) is 5.69 Å². The van der Waals surface area contributed by atoms with Gasteiger partial charge in [-0.1, -0.05) is 59.9 Å². The summed E-state index contributed by atoms with van der Waals surface area (Å²) in [6.45, 7) is 24.7. The highest BCUT2D eigenvalue weighted by Crippen LogP contribution is 2.39. The first kappa shape index (κ1) is 39.7. The van der Waals surface area contributed by atoms with Gasteiger partial charge in [0.15, 0.2) is 0 Å². The number of piperidine rings is 1. The van der Waals surface area contributed by atoms with E-state index in [4.69, 9.17) is 4.74 Å². The number of carbonyl (C=O) groups is 2. The van der Waals surface area contributed by atoms with Gasteiger partial charge in [-0.25, -0.2) is 0 Å². The van der Waals surface area contributed by atoms with Crippen LogP contribution in [0.1, 0.15) is 121 Å². The molecule has 0 aliphatic carbocycles. The molecule has 1 aliphatic heterocycles. The molecule has 0 bridgehead atoms. The number of Topliss-reactive ketones (excluding diaryl/α,β-unsaturated/α-hetero) is 1. The van der Waals surface area contributed by atoms with E-state index in [1.807, 2.05) is 55.5 Å². The maximum atomic E-state index is 13.1. The minimum absolute atomic E-state index is 0. The van der Waals surface area contributed by atoms with Crippen LogP contribution in [-0.2, 0) is 11.2 Å². The molecule has 2 aromatic carbocycles. The molecule has 0 unspecified atom stereocenters. The van der Waals surface area contributed by atoms with Crippen molar-refractivity contribution in [3.05, 3.63) is 83.5 Å². The summed E-state index contributed by atoms with van der Waals surface area (Å²) < 4.78 is 6.48. The summed E-state index contributed by atoms with van der Waals surface area (Å²) in [6, 6.07) is 13.5. The topological polar surface area (TPSA) is 71.0 Å². The van der Waals surface area contributed by atoms with Crippen LogP contribution in [0.3, 0.4) is 0 Å². The van der Waals surface area contributed by atoms with Gasteiger partial charge in [0.25, 0.3) is 5.91 Å². The van der Waals surface area contributed by atoms with Crippen LogP contribution in [0.25, 0.3) is 0 Å². The summed E-state index contributed by atoms with van der Waals surface area (Å²) in [7, 11) is 1.80. The van der Waals surface area contributed by atoms with Gasteiger partial charge in [-0.3, -0.25) is 19.5 Å². The molecule has 264 valence electrons. The van der Waals surface area contributed by atoms with E-state index >= 15 is 0 Å². The third-order valence-electron chi connectivity index (χ3n) is 9.17. The van der Waals surface area contributed by atoms with Crippen molar-refractivity contribution in [1.29, 1.82) is 0 Å². The van der Waals surface area contributed by atoms with Crippen molar-refractivity contribution in [2.24, 2.45) is 10.4 Å². The number of benzene rings is 2. The number of allylic oxidation sites excluding steroid dienone is 3. The highest BCUT2D eigenvalue weighted by Gasteiger charge is 2.45. The van der Waals surface area contributed by atoms with Crippen molar-refractivity contribution < 1.29 is 18.6 Å². The minimum atomic E-state index is -0.153. The number of rotatable bonds is 13. The zero-order chi connectivity index (χ0) is 34.3. The quantitative estimate of drug-likeness (QED) is 0.173. The van der Waals surface area contributed by atoms with E-state index in [1.54, 1.807) is 7.05 Å². The Morgan fingerprint density at radius 2 is 1.66 bits per heavy atom. The van der Waals surface area contributed by atoms with E-state index in [-0.39, 0.29) is 46.0 Å². The van der Waals surface area contributed by atoms with Crippen molar-refractivity contribution in [3.8, 4) is 5.75 Å². The SMILES string of the molecule is C.C=C/C(=C\C(=NC)C(C)(C)C)CCC(=O)CCc1ccc(NC(=O)c2ccc(OC3CC(C)(C)N(CC)C(C)(C)C3)cc2C)cc1.[HH].[HH].[HH]. The van der Waals surface area contributed by atoms with Crippen LogP contribution < -0.4 is 10.1 Å². The highest BCUT2D eigenvalue weighted by atomic mass is 16.5. The average molecular weight is 650 g/mol. The van der Waals surface area contributed by atoms with Gasteiger partial charge in [-0.05, 0) is 107 Å². The van der Waals surface area contributed by atoms with E-state index < -0.39 is 0 Å². The predicted octanol–water partition coefficient (Wildman–Crippen LogP) is 10.6. The number of hydrogen-bond acceptors (Lipinski definition) is 5. The number of likely N-dealkylation sites (tertiary alicyclic amines) is 1. The molecule has 1 aliphatic rings. The Bertz CT molecular complexity index is 1440. The van der Waals surface area contributed by atoms with Crippen LogP contribution in [-0.4, -0.2) is 53.1 Å². The van der Waals surface area contributed by atoms with E-state index in [0.29, 0.717) is 31.2 Å². The second-order valence-electron chi connectivity index (χ2n) is 15.0. The third-order valence-corrected chi connectivity index (χ3v) is 9.17. The second kappa shape index (κ2) is 16.5. The molecule has 1 amide bonds. The van der Waals surface area contributed by atoms with E-state index in [1.165, 1.54) is 0 Å². The molecule has 3 rings (SSSR count). The van der Waals surface area contributed by atoms with Crippen molar-refractivity contribution in [2.75, 3.05) is 18.9 Å². The largest absolute Gasteiger partial charge is 0.490 e. The third kappa shape index (κ3) is 11.0. The average Bonchev–Trinajstić information content (AvgIpc) is 2.95. The number of hydrogen-bond donors (Lipinski definition) is 1. The van der Waals surface area contributed by atoms with Gasteiger partial charge in [-0.15, -0.1) is 0 Å². The predicted molar refractivity (Wildman–Crippen MR) is 206 cm³/mol. The van der Waals surface area contributed by atoms with Crippen molar-refractivity contribution >= 4 is 23.1 Å². The maximum absolute atomic E-state index is 13.1. The molecule has 0 spiro atoms. The van der Waals surface area contributed by atoms with Crippen LogP contribution >= 0.6 is 0 Å². The lowest BCUT2D eigenvalue weighted by Gasteiger charge is -2.54. The highest BCUT2D eigenvalue weighted by molar-refractivity contribution is 6.05. The van der Waals surface area contributed by atoms with Crippen LogP contribution in [0.2, 0.25) is 0 Å². The fourth-order valence-electron chi connectivity index (χ4n) is 6.99. The van der Waals surface area contributed by atoms with Crippen molar-refractivity contribution in [1.82, 2.24) is 4.90 Å². The molecule has 1 saturated heterocycles. The molecular formula is C41H67N3O3. The van der Waals surface area contributed by atoms with E-state index in [9.17, 15) is 9.59 Å². The molecule has 0 atom stereocenters. The van der Waals surface area contributed by atoms with Gasteiger partial charge in [0, 0.05) is 70.5 Å². The zero-order valence-electron chi connectivity index (χ0n) is 30.0. The first-order valence-electron chi connectivity index (χ1n) is 16.8. The Morgan fingerprint density at radius 3 is 2.17 bits per heavy atom. The monoisotopic (exact) mass is 650 g/mol. The lowest BCUT2D eigenvalue weighted by molar-refractivity contribution is -0.119. The van der Waals surface area contributed by atoms with Crippen molar-refractivity contribution in [3.63, 3.8) is 0 Å². The smallest absolute Gasteiger partial charge is 0.255 e. The fourth-order valence-corrected chi connectivity index (χ4v) is 6.99. The standard InChI is InChI=1S/C40H57N3O3.CH4.3H2/c1-12-29(25-36(41-11)38(4,5)6)16-20-32(44)21-17-30-14-18-31(19-15-30)42-37(45)35-23-22-33(24-28(35)3)46-34-26-39(7,8)43(13-2)40(9,10)27-34;;;;/h12,14-15,18-19,22-25,34H,1,13,16-17,20-21,26-27H2,2-11H3,(H,42,45);1H4;3*1H/b29-25+,41-36?;;;;. The molecule has 0 aromatic heterocycles. The summed E-state index contributed by atoms with van der Waals surface area (Å²) in [6.07, 6.45) is 8.17. The lowest BCUT2D eigenvalue weighted by Crippen LogP contribution is -2.62. The number of aliphatic imine (C=N–C) groups is 1. The molecule has 0 saturated carbocycles. The van der Waals surface area contributed by atoms with Gasteiger partial charge in [0.2, 0.25) is 0 Å². The van der Waals surface area contributed by atoms with Crippen LogP contribution in [0.5, 0.6) is 5.75 Å². The van der Waals surface area contributed by atoms with Gasteiger partial charge in [0.05, 0.1) is 0 Å². The number of amides is 1. The summed E-state index contributed by atoms with van der Waals surface area (Å²) in [5, 5.41) is 3.02. The minimum Gasteiger partial charge on any atom is -0.490 e.